The van der Waals surface area contributed by atoms with Gasteiger partial charge in [0.1, 0.15) is 23.5 Å². The first-order chi connectivity index (χ1) is 15.4. The van der Waals surface area contributed by atoms with Crippen molar-refractivity contribution in [2.24, 2.45) is 0 Å². The number of hydrogen-bond donors (Lipinski definition) is 2. The molecule has 15 heteroatoms. The Labute approximate surface area is 187 Å². The van der Waals surface area contributed by atoms with Gasteiger partial charge in [-0.3, -0.25) is 19.3 Å². The Morgan fingerprint density at radius 3 is 1.36 bits per heavy atom. The molecule has 0 saturated heterocycles. The Bertz CT molecular complexity index is 911. The molecule has 0 aliphatic rings. The van der Waals surface area contributed by atoms with Crippen molar-refractivity contribution in [3.63, 3.8) is 0 Å². The summed E-state index contributed by atoms with van der Waals surface area (Å²) in [6.07, 6.45) is -10.3. The quantitative estimate of drug-likeness (QED) is 0.311. The summed E-state index contributed by atoms with van der Waals surface area (Å²) in [6, 6.07) is 10.6. The van der Waals surface area contributed by atoms with Gasteiger partial charge < -0.3 is 10.6 Å². The van der Waals surface area contributed by atoms with E-state index in [0.29, 0.717) is 12.1 Å². The van der Waals surface area contributed by atoms with Gasteiger partial charge in [-0.2, -0.15) is 35.3 Å². The SMILES string of the molecule is CON(SN(OC)c1ccccc1NC(=O)C(F)(F)F)c1ccccc1NC(=O)C(F)(F)F. The summed E-state index contributed by atoms with van der Waals surface area (Å²) in [5.74, 6) is -4.44. The van der Waals surface area contributed by atoms with Gasteiger partial charge in [-0.25, -0.2) is 0 Å². The molecule has 0 unspecified atom stereocenters. The van der Waals surface area contributed by atoms with Crippen LogP contribution in [0.2, 0.25) is 0 Å². The largest absolute Gasteiger partial charge is 0.471 e. The van der Waals surface area contributed by atoms with E-state index in [9.17, 15) is 35.9 Å². The van der Waals surface area contributed by atoms with Crippen LogP contribution in [0.15, 0.2) is 48.5 Å². The molecule has 0 heterocycles. The minimum absolute atomic E-state index is 0.0542. The zero-order chi connectivity index (χ0) is 24.8. The Morgan fingerprint density at radius 2 is 1.06 bits per heavy atom. The molecule has 0 aliphatic heterocycles. The molecule has 0 aliphatic carbocycles. The molecule has 2 rings (SSSR count). The van der Waals surface area contributed by atoms with Crippen molar-refractivity contribution < 1.29 is 45.6 Å². The number of benzene rings is 2. The lowest BCUT2D eigenvalue weighted by Crippen LogP contribution is -2.32. The predicted octanol–water partition coefficient (Wildman–Crippen LogP) is 4.69. The molecule has 0 spiro atoms. The summed E-state index contributed by atoms with van der Waals surface area (Å²) in [7, 11) is 2.31. The summed E-state index contributed by atoms with van der Waals surface area (Å²) in [4.78, 5) is 33.0. The lowest BCUT2D eigenvalue weighted by Gasteiger charge is -2.29. The number of nitrogens with one attached hydrogen (secondary N) is 2. The number of nitrogens with zero attached hydrogens (tertiary/aromatic N) is 2. The first-order valence-electron chi connectivity index (χ1n) is 8.69. The molecular formula is C18H16F6N4O4S. The fourth-order valence-corrected chi connectivity index (χ4v) is 3.04. The van der Waals surface area contributed by atoms with Crippen molar-refractivity contribution in [1.29, 1.82) is 0 Å². The van der Waals surface area contributed by atoms with E-state index in [0.717, 1.165) is 23.2 Å². The van der Waals surface area contributed by atoms with Crippen LogP contribution in [0, 0.1) is 0 Å². The molecule has 2 amide bonds. The second-order valence-corrected chi connectivity index (χ2v) is 6.73. The number of carbonyl (C=O) groups excluding carboxylic acids is 2. The van der Waals surface area contributed by atoms with Crippen LogP contribution in [-0.4, -0.2) is 38.4 Å². The van der Waals surface area contributed by atoms with Crippen LogP contribution < -0.4 is 19.6 Å². The lowest BCUT2D eigenvalue weighted by atomic mass is 10.2. The van der Waals surface area contributed by atoms with Crippen molar-refractivity contribution in [1.82, 2.24) is 0 Å². The lowest BCUT2D eigenvalue weighted by molar-refractivity contribution is -0.167. The van der Waals surface area contributed by atoms with E-state index in [4.69, 9.17) is 9.68 Å². The molecule has 8 nitrogen and oxygen atoms in total. The van der Waals surface area contributed by atoms with E-state index < -0.39 is 24.2 Å². The van der Waals surface area contributed by atoms with Crippen LogP contribution >= 0.6 is 12.1 Å². The molecule has 2 aromatic carbocycles. The third-order valence-electron chi connectivity index (χ3n) is 3.69. The summed E-state index contributed by atoms with van der Waals surface area (Å²) in [5.41, 5.74) is -0.657. The molecule has 0 aromatic heterocycles. The number of rotatable bonds is 8. The van der Waals surface area contributed by atoms with Crippen LogP contribution in [0.25, 0.3) is 0 Å². The van der Waals surface area contributed by atoms with Crippen molar-refractivity contribution in [3.05, 3.63) is 48.5 Å². The number of amides is 2. The highest BCUT2D eigenvalue weighted by Crippen LogP contribution is 2.38. The first kappa shape index (κ1) is 26.1. The number of halogens is 6. The molecule has 33 heavy (non-hydrogen) atoms. The highest BCUT2D eigenvalue weighted by molar-refractivity contribution is 8.01. The zero-order valence-corrected chi connectivity index (χ0v) is 17.6. The smallest absolute Gasteiger partial charge is 0.316 e. The maximum absolute atomic E-state index is 12.7. The molecule has 2 aromatic rings. The number of carbonyl (C=O) groups is 2. The van der Waals surface area contributed by atoms with Crippen LogP contribution in [-0.2, 0) is 19.3 Å². The number of alkyl halides is 6. The second kappa shape index (κ2) is 10.6. The monoisotopic (exact) mass is 498 g/mol. The Kier molecular flexibility index (Phi) is 8.40. The van der Waals surface area contributed by atoms with Gasteiger partial charge in [-0.05, 0) is 24.3 Å². The highest BCUT2D eigenvalue weighted by Gasteiger charge is 2.40. The average molecular weight is 498 g/mol. The molecule has 0 radical (unpaired) electrons. The van der Waals surface area contributed by atoms with E-state index in [1.807, 2.05) is 0 Å². The zero-order valence-electron chi connectivity index (χ0n) is 16.8. The Hall–Kier alpha value is -3.17. The maximum Gasteiger partial charge on any atom is 0.471 e. The standard InChI is InChI=1S/C18H16F6N4O4S/c1-31-27(13-9-5-3-7-11(13)25-15(29)17(19,20)21)33-28(32-2)14-10-6-4-8-12(14)26-16(30)18(22,23)24/h3-10H,1-2H3,(H,25,29)(H,26,30). The van der Waals surface area contributed by atoms with Gasteiger partial charge >= 0.3 is 24.2 Å². The second-order valence-electron chi connectivity index (χ2n) is 5.90. The van der Waals surface area contributed by atoms with E-state index >= 15 is 0 Å². The van der Waals surface area contributed by atoms with E-state index in [-0.39, 0.29) is 22.7 Å². The van der Waals surface area contributed by atoms with Gasteiger partial charge in [-0.1, -0.05) is 24.3 Å². The summed E-state index contributed by atoms with van der Waals surface area (Å²) >= 11 is 0.551. The van der Waals surface area contributed by atoms with Crippen molar-refractivity contribution >= 4 is 46.7 Å². The van der Waals surface area contributed by atoms with Crippen LogP contribution in [0.1, 0.15) is 0 Å². The maximum atomic E-state index is 12.7. The molecule has 180 valence electrons. The van der Waals surface area contributed by atoms with Crippen LogP contribution in [0.4, 0.5) is 49.1 Å². The summed E-state index contributed by atoms with van der Waals surface area (Å²) < 4.78 is 77.8. The minimum Gasteiger partial charge on any atom is -0.316 e. The van der Waals surface area contributed by atoms with Gasteiger partial charge in [0.25, 0.3) is 0 Å². The summed E-state index contributed by atoms with van der Waals surface area (Å²) in [6.45, 7) is 0. The third kappa shape index (κ3) is 6.90. The van der Waals surface area contributed by atoms with E-state index in [1.54, 1.807) is 10.6 Å². The van der Waals surface area contributed by atoms with Gasteiger partial charge in [-0.15, -0.1) is 0 Å². The number of anilines is 4. The van der Waals surface area contributed by atoms with Gasteiger partial charge in [0.2, 0.25) is 0 Å². The molecule has 0 saturated carbocycles. The normalized spacial score (nSPS) is 11.6. The molecule has 0 atom stereocenters. The molecule has 0 fully saturated rings. The predicted molar refractivity (Wildman–Crippen MR) is 109 cm³/mol. The van der Waals surface area contributed by atoms with Crippen molar-refractivity contribution in [3.8, 4) is 0 Å². The Balaban J connectivity index is 2.34. The van der Waals surface area contributed by atoms with Gasteiger partial charge in [0.05, 0.1) is 25.6 Å². The number of para-hydroxylation sites is 4. The average Bonchev–Trinajstić information content (AvgIpc) is 2.74. The summed E-state index contributed by atoms with van der Waals surface area (Å²) in [5, 5.41) is 3.42. The Morgan fingerprint density at radius 1 is 0.727 bits per heavy atom. The molecular weight excluding hydrogens is 482 g/mol. The first-order valence-corrected chi connectivity index (χ1v) is 9.42. The third-order valence-corrected chi connectivity index (χ3v) is 4.68. The fraction of sp³-hybridized carbons (Fsp3) is 0.222. The van der Waals surface area contributed by atoms with Crippen molar-refractivity contribution in [2.75, 3.05) is 33.8 Å². The van der Waals surface area contributed by atoms with E-state index in [2.05, 4.69) is 0 Å². The van der Waals surface area contributed by atoms with Crippen molar-refractivity contribution in [2.45, 2.75) is 12.4 Å². The topological polar surface area (TPSA) is 83.1 Å². The van der Waals surface area contributed by atoms with Gasteiger partial charge in [0, 0.05) is 0 Å². The van der Waals surface area contributed by atoms with Gasteiger partial charge in [0.15, 0.2) is 0 Å². The van der Waals surface area contributed by atoms with Crippen LogP contribution in [0.5, 0.6) is 0 Å². The number of hydrogen-bond acceptors (Lipinski definition) is 7. The molecule has 2 N–H and O–H groups in total. The molecule has 0 bridgehead atoms. The van der Waals surface area contributed by atoms with Crippen LogP contribution in [0.3, 0.4) is 0 Å². The highest BCUT2D eigenvalue weighted by atomic mass is 32.2. The fourth-order valence-electron chi connectivity index (χ4n) is 2.28. The van der Waals surface area contributed by atoms with E-state index in [1.165, 1.54) is 48.5 Å². The minimum atomic E-state index is -5.15.